The van der Waals surface area contributed by atoms with Crippen molar-refractivity contribution in [3.05, 3.63) is 70.6 Å². The monoisotopic (exact) mass is 301 g/mol. The number of rotatable bonds is 4. The topological polar surface area (TPSA) is 32.9 Å². The standard InChI is InChI=1S/C17H13ClFNO/c18-13-4-1-11(2-5-13)3-8-17(21)16-10-12-9-14(19)6-7-15(12)20-16/h1-2,4-7,9-10,20H,3,8H2. The Balaban J connectivity index is 1.73. The highest BCUT2D eigenvalue weighted by molar-refractivity contribution is 6.30. The molecule has 0 saturated heterocycles. The number of carbonyl (C=O) groups is 1. The number of hydrogen-bond donors (Lipinski definition) is 1. The lowest BCUT2D eigenvalue weighted by Gasteiger charge is -2.00. The third kappa shape index (κ3) is 3.14. The molecule has 0 aliphatic heterocycles. The van der Waals surface area contributed by atoms with Crippen LogP contribution in [0.4, 0.5) is 4.39 Å². The summed E-state index contributed by atoms with van der Waals surface area (Å²) in [6, 6.07) is 13.6. The van der Waals surface area contributed by atoms with Crippen molar-refractivity contribution >= 4 is 28.3 Å². The van der Waals surface area contributed by atoms with Gasteiger partial charge in [-0.3, -0.25) is 4.79 Å². The minimum absolute atomic E-state index is 0.0153. The Morgan fingerprint density at radius 1 is 1.10 bits per heavy atom. The first-order valence-electron chi connectivity index (χ1n) is 6.68. The van der Waals surface area contributed by atoms with Crippen LogP contribution < -0.4 is 0 Å². The minimum atomic E-state index is -0.304. The molecular weight excluding hydrogens is 289 g/mol. The zero-order chi connectivity index (χ0) is 14.8. The van der Waals surface area contributed by atoms with Gasteiger partial charge in [-0.1, -0.05) is 23.7 Å². The summed E-state index contributed by atoms with van der Waals surface area (Å²) in [5.74, 6) is -0.289. The number of aromatic nitrogens is 1. The fourth-order valence-corrected chi connectivity index (χ4v) is 2.42. The minimum Gasteiger partial charge on any atom is -0.352 e. The van der Waals surface area contributed by atoms with E-state index < -0.39 is 0 Å². The summed E-state index contributed by atoms with van der Waals surface area (Å²) in [7, 11) is 0. The summed E-state index contributed by atoms with van der Waals surface area (Å²) in [5, 5.41) is 1.40. The van der Waals surface area contributed by atoms with Gasteiger partial charge in [0.2, 0.25) is 0 Å². The Morgan fingerprint density at radius 3 is 2.62 bits per heavy atom. The lowest BCUT2D eigenvalue weighted by molar-refractivity contribution is 0.0979. The summed E-state index contributed by atoms with van der Waals surface area (Å²) in [6.45, 7) is 0. The van der Waals surface area contributed by atoms with E-state index in [0.717, 1.165) is 11.1 Å². The maximum atomic E-state index is 13.1. The fourth-order valence-electron chi connectivity index (χ4n) is 2.30. The molecule has 2 aromatic carbocycles. The van der Waals surface area contributed by atoms with Crippen molar-refractivity contribution in [2.45, 2.75) is 12.8 Å². The first-order chi connectivity index (χ1) is 10.1. The number of halogens is 2. The van der Waals surface area contributed by atoms with Gasteiger partial charge in [-0.25, -0.2) is 4.39 Å². The number of nitrogens with one attached hydrogen (secondary N) is 1. The van der Waals surface area contributed by atoms with Crippen LogP contribution in [0.3, 0.4) is 0 Å². The molecule has 0 unspecified atom stereocenters. The van der Waals surface area contributed by atoms with E-state index in [-0.39, 0.29) is 11.6 Å². The second-order valence-electron chi connectivity index (χ2n) is 4.96. The zero-order valence-corrected chi connectivity index (χ0v) is 12.0. The van der Waals surface area contributed by atoms with Crippen molar-refractivity contribution in [1.82, 2.24) is 4.98 Å². The van der Waals surface area contributed by atoms with E-state index in [9.17, 15) is 9.18 Å². The van der Waals surface area contributed by atoms with Crippen LogP contribution in [0.5, 0.6) is 0 Å². The highest BCUT2D eigenvalue weighted by atomic mass is 35.5. The van der Waals surface area contributed by atoms with E-state index in [2.05, 4.69) is 4.98 Å². The van der Waals surface area contributed by atoms with Gasteiger partial charge >= 0.3 is 0 Å². The van der Waals surface area contributed by atoms with E-state index in [1.165, 1.54) is 12.1 Å². The van der Waals surface area contributed by atoms with Crippen molar-refractivity contribution < 1.29 is 9.18 Å². The summed E-state index contributed by atoms with van der Waals surface area (Å²) in [6.07, 6.45) is 1.05. The summed E-state index contributed by atoms with van der Waals surface area (Å²) >= 11 is 5.83. The van der Waals surface area contributed by atoms with E-state index in [0.29, 0.717) is 28.9 Å². The lowest BCUT2D eigenvalue weighted by Crippen LogP contribution is -2.01. The largest absolute Gasteiger partial charge is 0.352 e. The highest BCUT2D eigenvalue weighted by Gasteiger charge is 2.10. The number of H-pyrrole nitrogens is 1. The number of benzene rings is 2. The van der Waals surface area contributed by atoms with Crippen molar-refractivity contribution in [3.8, 4) is 0 Å². The molecule has 2 nitrogen and oxygen atoms in total. The smallest absolute Gasteiger partial charge is 0.179 e. The van der Waals surface area contributed by atoms with Crippen LogP contribution in [0.1, 0.15) is 22.5 Å². The molecule has 3 rings (SSSR count). The van der Waals surface area contributed by atoms with Gasteiger partial charge < -0.3 is 4.98 Å². The summed E-state index contributed by atoms with van der Waals surface area (Å²) < 4.78 is 13.1. The third-order valence-corrected chi connectivity index (χ3v) is 3.69. The molecule has 1 aromatic heterocycles. The maximum absolute atomic E-state index is 13.1. The quantitative estimate of drug-likeness (QED) is 0.691. The number of hydrogen-bond acceptors (Lipinski definition) is 1. The molecule has 4 heteroatoms. The second kappa shape index (κ2) is 5.70. The molecule has 0 atom stereocenters. The Labute approximate surface area is 126 Å². The first-order valence-corrected chi connectivity index (χ1v) is 7.05. The zero-order valence-electron chi connectivity index (χ0n) is 11.2. The van der Waals surface area contributed by atoms with Crippen LogP contribution >= 0.6 is 11.6 Å². The molecule has 0 saturated carbocycles. The first kappa shape index (κ1) is 13.8. The summed E-state index contributed by atoms with van der Waals surface area (Å²) in [5.41, 5.74) is 2.35. The van der Waals surface area contributed by atoms with Crippen molar-refractivity contribution in [2.24, 2.45) is 0 Å². The molecule has 0 spiro atoms. The predicted molar refractivity (Wildman–Crippen MR) is 82.4 cm³/mol. The average Bonchev–Trinajstić information content (AvgIpc) is 2.89. The number of fused-ring (bicyclic) bond motifs is 1. The van der Waals surface area contributed by atoms with Gasteiger partial charge in [0.25, 0.3) is 0 Å². The van der Waals surface area contributed by atoms with Gasteiger partial charge in [0.1, 0.15) is 5.82 Å². The molecule has 3 aromatic rings. The maximum Gasteiger partial charge on any atom is 0.179 e. The molecule has 0 radical (unpaired) electrons. The molecule has 21 heavy (non-hydrogen) atoms. The van der Waals surface area contributed by atoms with Crippen molar-refractivity contribution in [3.63, 3.8) is 0 Å². The van der Waals surface area contributed by atoms with Crippen LogP contribution in [-0.2, 0) is 6.42 Å². The van der Waals surface area contributed by atoms with E-state index in [4.69, 9.17) is 11.6 Å². The van der Waals surface area contributed by atoms with Gasteiger partial charge in [0.05, 0.1) is 5.69 Å². The van der Waals surface area contributed by atoms with Gasteiger partial charge in [-0.15, -0.1) is 0 Å². The normalized spacial score (nSPS) is 11.0. The van der Waals surface area contributed by atoms with E-state index in [1.54, 1.807) is 12.1 Å². The molecule has 1 N–H and O–H groups in total. The number of aryl methyl sites for hydroxylation is 1. The van der Waals surface area contributed by atoms with Gasteiger partial charge in [0.15, 0.2) is 5.78 Å². The van der Waals surface area contributed by atoms with Crippen LogP contribution in [0.15, 0.2) is 48.5 Å². The number of carbonyl (C=O) groups excluding carboxylic acids is 1. The van der Waals surface area contributed by atoms with Crippen LogP contribution in [0, 0.1) is 5.82 Å². The Hall–Kier alpha value is -2.13. The molecule has 0 fully saturated rings. The molecule has 0 amide bonds. The van der Waals surface area contributed by atoms with E-state index in [1.807, 2.05) is 24.3 Å². The molecular formula is C17H13ClFNO. The Bertz CT molecular complexity index is 792. The van der Waals surface area contributed by atoms with Crippen molar-refractivity contribution in [2.75, 3.05) is 0 Å². The molecule has 1 heterocycles. The Kier molecular flexibility index (Phi) is 3.76. The van der Waals surface area contributed by atoms with Gasteiger partial charge in [-0.2, -0.15) is 0 Å². The fraction of sp³-hybridized carbons (Fsp3) is 0.118. The number of ketones is 1. The van der Waals surface area contributed by atoms with Gasteiger partial charge in [-0.05, 0) is 48.4 Å². The van der Waals surface area contributed by atoms with Crippen molar-refractivity contribution in [1.29, 1.82) is 0 Å². The second-order valence-corrected chi connectivity index (χ2v) is 5.40. The molecule has 0 aliphatic carbocycles. The molecule has 106 valence electrons. The highest BCUT2D eigenvalue weighted by Crippen LogP contribution is 2.18. The van der Waals surface area contributed by atoms with Crippen LogP contribution in [-0.4, -0.2) is 10.8 Å². The third-order valence-electron chi connectivity index (χ3n) is 3.44. The Morgan fingerprint density at radius 2 is 1.86 bits per heavy atom. The molecule has 0 aliphatic rings. The summed E-state index contributed by atoms with van der Waals surface area (Å²) in [4.78, 5) is 15.2. The van der Waals surface area contributed by atoms with E-state index >= 15 is 0 Å². The number of aromatic amines is 1. The van der Waals surface area contributed by atoms with Gasteiger partial charge in [0, 0.05) is 22.3 Å². The molecule has 0 bridgehead atoms. The lowest BCUT2D eigenvalue weighted by atomic mass is 10.1. The number of Topliss-reactive ketones (excluding diaryl/α,β-unsaturated/α-hetero) is 1. The van der Waals surface area contributed by atoms with Crippen LogP contribution in [0.25, 0.3) is 10.9 Å². The van der Waals surface area contributed by atoms with Crippen LogP contribution in [0.2, 0.25) is 5.02 Å². The average molecular weight is 302 g/mol. The predicted octanol–water partition coefficient (Wildman–Crippen LogP) is 4.78. The SMILES string of the molecule is O=C(CCc1ccc(Cl)cc1)c1cc2cc(F)ccc2[nH]1.